The zero-order chi connectivity index (χ0) is 18.5. The van der Waals surface area contributed by atoms with E-state index in [0.29, 0.717) is 18.8 Å². The number of aromatic amines is 1. The summed E-state index contributed by atoms with van der Waals surface area (Å²) in [5, 5.41) is 3.86. The molecule has 0 saturated carbocycles. The summed E-state index contributed by atoms with van der Waals surface area (Å²) in [7, 11) is 0. The molecule has 0 radical (unpaired) electrons. The molecule has 2 amide bonds. The van der Waals surface area contributed by atoms with Gasteiger partial charge in [-0.25, -0.2) is 4.39 Å². The second kappa shape index (κ2) is 7.82. The predicted molar refractivity (Wildman–Crippen MR) is 99.4 cm³/mol. The normalized spacial score (nSPS) is 10.7. The molecule has 5 nitrogen and oxygen atoms in total. The van der Waals surface area contributed by atoms with Crippen LogP contribution in [0.1, 0.15) is 12.5 Å². The average molecular weight is 353 g/mol. The van der Waals surface area contributed by atoms with Crippen LogP contribution in [0.4, 0.5) is 10.1 Å². The summed E-state index contributed by atoms with van der Waals surface area (Å²) in [6.45, 7) is 2.08. The summed E-state index contributed by atoms with van der Waals surface area (Å²) >= 11 is 0. The number of aromatic nitrogens is 1. The van der Waals surface area contributed by atoms with Gasteiger partial charge in [-0.15, -0.1) is 0 Å². The van der Waals surface area contributed by atoms with Gasteiger partial charge in [0.05, 0.1) is 6.42 Å². The molecule has 0 saturated heterocycles. The number of nitrogens with one attached hydrogen (secondary N) is 2. The van der Waals surface area contributed by atoms with Crippen molar-refractivity contribution in [3.8, 4) is 0 Å². The van der Waals surface area contributed by atoms with Gasteiger partial charge >= 0.3 is 0 Å². The summed E-state index contributed by atoms with van der Waals surface area (Å²) < 4.78 is 13.0. The Hall–Kier alpha value is -3.15. The van der Waals surface area contributed by atoms with Crippen LogP contribution in [-0.2, 0) is 16.0 Å². The number of para-hydroxylation sites is 1. The van der Waals surface area contributed by atoms with Crippen LogP contribution in [0.25, 0.3) is 10.9 Å². The molecule has 6 heteroatoms. The first kappa shape index (κ1) is 17.7. The van der Waals surface area contributed by atoms with Crippen molar-refractivity contribution in [2.75, 3.05) is 18.0 Å². The summed E-state index contributed by atoms with van der Waals surface area (Å²) in [5.41, 5.74) is 2.53. The van der Waals surface area contributed by atoms with E-state index >= 15 is 0 Å². The topological polar surface area (TPSA) is 65.2 Å². The molecule has 1 aromatic heterocycles. The Labute approximate surface area is 150 Å². The molecule has 26 heavy (non-hydrogen) atoms. The number of anilines is 1. The van der Waals surface area contributed by atoms with Crippen molar-refractivity contribution in [3.05, 3.63) is 66.1 Å². The maximum absolute atomic E-state index is 13.0. The van der Waals surface area contributed by atoms with Gasteiger partial charge in [-0.05, 0) is 35.9 Å². The fourth-order valence-electron chi connectivity index (χ4n) is 2.91. The van der Waals surface area contributed by atoms with E-state index in [2.05, 4.69) is 10.3 Å². The molecular weight excluding hydrogens is 333 g/mol. The molecule has 2 aromatic carbocycles. The molecule has 0 unspecified atom stereocenters. The van der Waals surface area contributed by atoms with E-state index < -0.39 is 0 Å². The highest BCUT2D eigenvalue weighted by Crippen LogP contribution is 2.18. The van der Waals surface area contributed by atoms with Crippen molar-refractivity contribution in [2.45, 2.75) is 13.3 Å². The predicted octanol–water partition coefficient (Wildman–Crippen LogP) is 3.02. The third-order valence-electron chi connectivity index (χ3n) is 4.20. The van der Waals surface area contributed by atoms with Crippen LogP contribution in [0.5, 0.6) is 0 Å². The molecule has 1 heterocycles. The van der Waals surface area contributed by atoms with Crippen molar-refractivity contribution in [3.63, 3.8) is 0 Å². The number of fused-ring (bicyclic) bond motifs is 1. The highest BCUT2D eigenvalue weighted by Gasteiger charge is 2.13. The van der Waals surface area contributed by atoms with Crippen LogP contribution < -0.4 is 10.2 Å². The van der Waals surface area contributed by atoms with E-state index in [0.717, 1.165) is 16.5 Å². The van der Waals surface area contributed by atoms with Crippen LogP contribution >= 0.6 is 0 Å². The van der Waals surface area contributed by atoms with E-state index in [1.54, 1.807) is 12.1 Å². The lowest BCUT2D eigenvalue weighted by Gasteiger charge is -2.21. The number of carbonyl (C=O) groups is 2. The first-order chi connectivity index (χ1) is 12.5. The van der Waals surface area contributed by atoms with E-state index in [4.69, 9.17) is 0 Å². The molecule has 0 aliphatic rings. The number of nitrogens with zero attached hydrogens (tertiary/aromatic N) is 1. The number of hydrogen-bond acceptors (Lipinski definition) is 2. The standard InChI is InChI=1S/C20H20FN3O2/c1-14(25)24(17-8-6-16(21)7-9-17)11-10-22-20(26)12-15-13-23-19-5-3-2-4-18(15)19/h2-9,13,23H,10-12H2,1H3,(H,22,26). The van der Waals surface area contributed by atoms with Crippen LogP contribution in [0, 0.1) is 5.82 Å². The van der Waals surface area contributed by atoms with Gasteiger partial charge < -0.3 is 15.2 Å². The van der Waals surface area contributed by atoms with Gasteiger partial charge in [0.1, 0.15) is 5.82 Å². The number of amides is 2. The van der Waals surface area contributed by atoms with E-state index in [1.807, 2.05) is 30.5 Å². The summed E-state index contributed by atoms with van der Waals surface area (Å²) in [6.07, 6.45) is 2.10. The Morgan fingerprint density at radius 3 is 2.58 bits per heavy atom. The smallest absolute Gasteiger partial charge is 0.224 e. The Morgan fingerprint density at radius 1 is 1.12 bits per heavy atom. The van der Waals surface area contributed by atoms with Crippen molar-refractivity contribution in [1.82, 2.24) is 10.3 Å². The highest BCUT2D eigenvalue weighted by molar-refractivity contribution is 5.92. The first-order valence-corrected chi connectivity index (χ1v) is 8.40. The zero-order valence-corrected chi connectivity index (χ0v) is 14.5. The van der Waals surface area contributed by atoms with Gasteiger partial charge in [-0.2, -0.15) is 0 Å². The molecule has 3 rings (SSSR count). The van der Waals surface area contributed by atoms with Gasteiger partial charge in [-0.3, -0.25) is 9.59 Å². The average Bonchev–Trinajstić information content (AvgIpc) is 3.02. The quantitative estimate of drug-likeness (QED) is 0.715. The molecule has 134 valence electrons. The van der Waals surface area contributed by atoms with Gasteiger partial charge in [0.25, 0.3) is 0 Å². The molecule has 0 fully saturated rings. The lowest BCUT2D eigenvalue weighted by atomic mass is 10.1. The second-order valence-electron chi connectivity index (χ2n) is 6.03. The minimum Gasteiger partial charge on any atom is -0.361 e. The summed E-state index contributed by atoms with van der Waals surface area (Å²) in [6, 6.07) is 13.5. The molecular formula is C20H20FN3O2. The van der Waals surface area contributed by atoms with Gasteiger partial charge in [0, 0.05) is 42.8 Å². The number of benzene rings is 2. The fraction of sp³-hybridized carbons (Fsp3) is 0.200. The summed E-state index contributed by atoms with van der Waals surface area (Å²) in [4.78, 5) is 28.7. The highest BCUT2D eigenvalue weighted by atomic mass is 19.1. The molecule has 0 spiro atoms. The monoisotopic (exact) mass is 353 g/mol. The van der Waals surface area contributed by atoms with Gasteiger partial charge in [0.2, 0.25) is 11.8 Å². The van der Waals surface area contributed by atoms with Gasteiger partial charge in [0.15, 0.2) is 0 Å². The van der Waals surface area contributed by atoms with Crippen molar-refractivity contribution in [1.29, 1.82) is 0 Å². The molecule has 0 aliphatic carbocycles. The largest absolute Gasteiger partial charge is 0.361 e. The number of rotatable bonds is 6. The second-order valence-corrected chi connectivity index (χ2v) is 6.03. The number of H-pyrrole nitrogens is 1. The van der Waals surface area contributed by atoms with Crippen LogP contribution in [0.3, 0.4) is 0 Å². The third-order valence-corrected chi connectivity index (χ3v) is 4.20. The Balaban J connectivity index is 1.56. The first-order valence-electron chi connectivity index (χ1n) is 8.40. The molecule has 0 aliphatic heterocycles. The SMILES string of the molecule is CC(=O)N(CCNC(=O)Cc1c[nH]c2ccccc12)c1ccc(F)cc1. The van der Waals surface area contributed by atoms with Crippen molar-refractivity contribution in [2.24, 2.45) is 0 Å². The number of halogens is 1. The molecule has 0 atom stereocenters. The lowest BCUT2D eigenvalue weighted by Crippen LogP contribution is -2.38. The maximum atomic E-state index is 13.0. The van der Waals surface area contributed by atoms with Crippen molar-refractivity contribution >= 4 is 28.4 Å². The fourth-order valence-corrected chi connectivity index (χ4v) is 2.91. The van der Waals surface area contributed by atoms with Crippen molar-refractivity contribution < 1.29 is 14.0 Å². The van der Waals surface area contributed by atoms with E-state index in [9.17, 15) is 14.0 Å². The van der Waals surface area contributed by atoms with E-state index in [1.165, 1.54) is 24.0 Å². The Kier molecular flexibility index (Phi) is 5.31. The van der Waals surface area contributed by atoms with E-state index in [-0.39, 0.29) is 24.1 Å². The van der Waals surface area contributed by atoms with Crippen LogP contribution in [0.15, 0.2) is 54.7 Å². The van der Waals surface area contributed by atoms with Crippen LogP contribution in [-0.4, -0.2) is 29.9 Å². The summed E-state index contributed by atoms with van der Waals surface area (Å²) in [5.74, 6) is -0.635. The third kappa shape index (κ3) is 4.08. The molecule has 3 aromatic rings. The Bertz CT molecular complexity index is 918. The number of carbonyl (C=O) groups excluding carboxylic acids is 2. The van der Waals surface area contributed by atoms with Crippen LogP contribution in [0.2, 0.25) is 0 Å². The lowest BCUT2D eigenvalue weighted by molar-refractivity contribution is -0.121. The Morgan fingerprint density at radius 2 is 1.85 bits per heavy atom. The zero-order valence-electron chi connectivity index (χ0n) is 14.5. The minimum absolute atomic E-state index is 0.114. The molecule has 2 N–H and O–H groups in total. The van der Waals surface area contributed by atoms with Gasteiger partial charge in [-0.1, -0.05) is 18.2 Å². The minimum atomic E-state index is -0.357. The molecule has 0 bridgehead atoms. The maximum Gasteiger partial charge on any atom is 0.224 e. The number of hydrogen-bond donors (Lipinski definition) is 2.